The summed E-state index contributed by atoms with van der Waals surface area (Å²) < 4.78 is 11.5. The molecule has 3 rings (SSSR count). The molecule has 0 spiro atoms. The van der Waals surface area contributed by atoms with Crippen molar-refractivity contribution in [3.8, 4) is 28.8 Å². The maximum Gasteiger partial charge on any atom is 0.250 e. The first-order valence-electron chi connectivity index (χ1n) is 8.47. The van der Waals surface area contributed by atoms with E-state index in [1.54, 1.807) is 24.3 Å². The van der Waals surface area contributed by atoms with E-state index in [0.717, 1.165) is 21.3 Å². The van der Waals surface area contributed by atoms with Gasteiger partial charge in [0.05, 0.1) is 12.8 Å². The number of nitrogens with zero attached hydrogens (tertiary/aromatic N) is 2. The molecule has 1 heterocycles. The van der Waals surface area contributed by atoms with Crippen molar-refractivity contribution < 1.29 is 14.3 Å². The summed E-state index contributed by atoms with van der Waals surface area (Å²) in [6.07, 6.45) is 3.08. The summed E-state index contributed by atoms with van der Waals surface area (Å²) in [5.41, 5.74) is 2.53. The average Bonchev–Trinajstić information content (AvgIpc) is 3.19. The number of carbonyl (C=O) groups excluding carboxylic acids is 1. The first-order valence-corrected chi connectivity index (χ1v) is 10.1. The van der Waals surface area contributed by atoms with Gasteiger partial charge in [0.1, 0.15) is 6.07 Å². The molecule has 3 aromatic rings. The molecule has 1 aromatic heterocycles. The highest BCUT2D eigenvalue weighted by molar-refractivity contribution is 9.10. The highest BCUT2D eigenvalue weighted by Crippen LogP contribution is 2.29. The third-order valence-electron chi connectivity index (χ3n) is 3.76. The standard InChI is InChI=1S/C21H16BrN3O3S/c1-27-19-11-14(5-7-18(19)28-10-9-23)6-8-20(26)25-21-24-17(13-29-21)15-3-2-4-16(22)12-15/h2-8,11-13H,10H2,1H3,(H,24,25,26)/b8-6+. The van der Waals surface area contributed by atoms with Crippen LogP contribution in [0.25, 0.3) is 17.3 Å². The molecule has 0 saturated heterocycles. The van der Waals surface area contributed by atoms with E-state index in [1.165, 1.54) is 24.5 Å². The Kier molecular flexibility index (Phi) is 7.00. The molecule has 8 heteroatoms. The lowest BCUT2D eigenvalue weighted by molar-refractivity contribution is -0.111. The molecule has 0 fully saturated rings. The molecular formula is C21H16BrN3O3S. The van der Waals surface area contributed by atoms with Crippen LogP contribution in [-0.4, -0.2) is 24.6 Å². The van der Waals surface area contributed by atoms with Crippen LogP contribution < -0.4 is 14.8 Å². The predicted molar refractivity (Wildman–Crippen MR) is 117 cm³/mol. The smallest absolute Gasteiger partial charge is 0.250 e. The Bertz CT molecular complexity index is 1090. The minimum Gasteiger partial charge on any atom is -0.493 e. The van der Waals surface area contributed by atoms with Crippen LogP contribution in [0.2, 0.25) is 0 Å². The number of nitrogens with one attached hydrogen (secondary N) is 1. The molecule has 0 aliphatic heterocycles. The largest absolute Gasteiger partial charge is 0.493 e. The summed E-state index contributed by atoms with van der Waals surface area (Å²) in [6.45, 7) is -0.0658. The quantitative estimate of drug-likeness (QED) is 0.484. The molecule has 29 heavy (non-hydrogen) atoms. The molecule has 2 aromatic carbocycles. The molecule has 0 aliphatic rings. The topological polar surface area (TPSA) is 84.2 Å². The van der Waals surface area contributed by atoms with Crippen LogP contribution in [0.1, 0.15) is 5.56 Å². The van der Waals surface area contributed by atoms with Crippen molar-refractivity contribution in [1.29, 1.82) is 5.26 Å². The maximum absolute atomic E-state index is 12.2. The number of hydrogen-bond acceptors (Lipinski definition) is 6. The second kappa shape index (κ2) is 9.87. The number of carbonyl (C=O) groups is 1. The van der Waals surface area contributed by atoms with Crippen LogP contribution in [-0.2, 0) is 4.79 Å². The molecule has 146 valence electrons. The van der Waals surface area contributed by atoms with Crippen molar-refractivity contribution >= 4 is 44.4 Å². The first-order chi connectivity index (χ1) is 14.1. The number of methoxy groups -OCH3 is 1. The van der Waals surface area contributed by atoms with Gasteiger partial charge in [-0.1, -0.05) is 34.1 Å². The monoisotopic (exact) mass is 469 g/mol. The molecule has 0 aliphatic carbocycles. The number of rotatable bonds is 7. The van der Waals surface area contributed by atoms with E-state index in [-0.39, 0.29) is 12.5 Å². The summed E-state index contributed by atoms with van der Waals surface area (Å²) in [5, 5.41) is 13.8. The van der Waals surface area contributed by atoms with Gasteiger partial charge in [-0.2, -0.15) is 5.26 Å². The molecule has 0 radical (unpaired) electrons. The first kappa shape index (κ1) is 20.6. The van der Waals surface area contributed by atoms with Crippen molar-refractivity contribution in [2.45, 2.75) is 0 Å². The van der Waals surface area contributed by atoms with Gasteiger partial charge in [-0.15, -0.1) is 11.3 Å². The third-order valence-corrected chi connectivity index (χ3v) is 5.01. The van der Waals surface area contributed by atoms with E-state index >= 15 is 0 Å². The van der Waals surface area contributed by atoms with E-state index in [4.69, 9.17) is 14.7 Å². The van der Waals surface area contributed by atoms with Gasteiger partial charge in [-0.3, -0.25) is 10.1 Å². The van der Waals surface area contributed by atoms with Crippen molar-refractivity contribution in [2.24, 2.45) is 0 Å². The molecule has 0 atom stereocenters. The van der Waals surface area contributed by atoms with Crippen molar-refractivity contribution in [3.05, 3.63) is 64.0 Å². The lowest BCUT2D eigenvalue weighted by Gasteiger charge is -2.08. The fraction of sp³-hybridized carbons (Fsp3) is 0.0952. The number of benzene rings is 2. The second-order valence-electron chi connectivity index (χ2n) is 5.73. The molecule has 1 N–H and O–H groups in total. The SMILES string of the molecule is COc1cc(/C=C/C(=O)Nc2nc(-c3cccc(Br)c3)cs2)ccc1OCC#N. The van der Waals surface area contributed by atoms with Gasteiger partial charge < -0.3 is 9.47 Å². The number of hydrogen-bond donors (Lipinski definition) is 1. The average molecular weight is 470 g/mol. The van der Waals surface area contributed by atoms with E-state index in [2.05, 4.69) is 26.2 Å². The minimum atomic E-state index is -0.288. The zero-order chi connectivity index (χ0) is 20.6. The van der Waals surface area contributed by atoms with Crippen LogP contribution in [0.4, 0.5) is 5.13 Å². The Hall–Kier alpha value is -3.15. The van der Waals surface area contributed by atoms with Gasteiger partial charge in [-0.05, 0) is 35.9 Å². The summed E-state index contributed by atoms with van der Waals surface area (Å²) in [5.74, 6) is 0.670. The number of amides is 1. The Morgan fingerprint density at radius 1 is 1.31 bits per heavy atom. The van der Waals surface area contributed by atoms with E-state index in [9.17, 15) is 4.79 Å². The number of ether oxygens (including phenoxy) is 2. The maximum atomic E-state index is 12.2. The van der Waals surface area contributed by atoms with Crippen LogP contribution in [0.5, 0.6) is 11.5 Å². The summed E-state index contributed by atoms with van der Waals surface area (Å²) in [6, 6.07) is 14.9. The lowest BCUT2D eigenvalue weighted by atomic mass is 10.2. The van der Waals surface area contributed by atoms with Gasteiger partial charge >= 0.3 is 0 Å². The highest BCUT2D eigenvalue weighted by Gasteiger charge is 2.08. The van der Waals surface area contributed by atoms with Crippen molar-refractivity contribution in [3.63, 3.8) is 0 Å². The molecule has 0 unspecified atom stereocenters. The fourth-order valence-electron chi connectivity index (χ4n) is 2.45. The zero-order valence-electron chi connectivity index (χ0n) is 15.4. The van der Waals surface area contributed by atoms with Crippen molar-refractivity contribution in [1.82, 2.24) is 4.98 Å². The summed E-state index contributed by atoms with van der Waals surface area (Å²) >= 11 is 4.80. The van der Waals surface area contributed by atoms with Crippen LogP contribution in [0.15, 0.2) is 58.4 Å². The van der Waals surface area contributed by atoms with E-state index < -0.39 is 0 Å². The van der Waals surface area contributed by atoms with E-state index in [0.29, 0.717) is 16.6 Å². The van der Waals surface area contributed by atoms with Crippen LogP contribution in [0, 0.1) is 11.3 Å². The number of halogens is 1. The van der Waals surface area contributed by atoms with Gasteiger partial charge in [0.15, 0.2) is 23.2 Å². The molecule has 1 amide bonds. The Labute approximate surface area is 180 Å². The Balaban J connectivity index is 1.65. The summed E-state index contributed by atoms with van der Waals surface area (Å²) in [4.78, 5) is 16.7. The van der Waals surface area contributed by atoms with Gasteiger partial charge in [-0.25, -0.2) is 4.98 Å². The normalized spacial score (nSPS) is 10.5. The summed E-state index contributed by atoms with van der Waals surface area (Å²) in [7, 11) is 1.51. The fourth-order valence-corrected chi connectivity index (χ4v) is 3.57. The van der Waals surface area contributed by atoms with Gasteiger partial charge in [0, 0.05) is 21.5 Å². The Morgan fingerprint density at radius 3 is 2.93 bits per heavy atom. The van der Waals surface area contributed by atoms with E-state index in [1.807, 2.05) is 35.7 Å². The minimum absolute atomic E-state index is 0.0658. The van der Waals surface area contributed by atoms with Crippen LogP contribution >= 0.6 is 27.3 Å². The lowest BCUT2D eigenvalue weighted by Crippen LogP contribution is -2.07. The second-order valence-corrected chi connectivity index (χ2v) is 7.50. The zero-order valence-corrected chi connectivity index (χ0v) is 17.8. The molecule has 0 bridgehead atoms. The van der Waals surface area contributed by atoms with Crippen LogP contribution in [0.3, 0.4) is 0 Å². The number of thiazole rings is 1. The Morgan fingerprint density at radius 2 is 2.17 bits per heavy atom. The third kappa shape index (κ3) is 5.67. The van der Waals surface area contributed by atoms with Gasteiger partial charge in [0.2, 0.25) is 5.91 Å². The molecule has 6 nitrogen and oxygen atoms in total. The predicted octanol–water partition coefficient (Wildman–Crippen LogP) is 5.14. The highest BCUT2D eigenvalue weighted by atomic mass is 79.9. The molecule has 0 saturated carbocycles. The molecular weight excluding hydrogens is 454 g/mol. The van der Waals surface area contributed by atoms with Crippen molar-refractivity contribution in [2.75, 3.05) is 19.0 Å². The number of anilines is 1. The number of aromatic nitrogens is 1. The number of nitriles is 1. The van der Waals surface area contributed by atoms with Gasteiger partial charge in [0.25, 0.3) is 0 Å².